The quantitative estimate of drug-likeness (QED) is 0.729. The standard InChI is InChI=1S/C20H20ClNO5/c1-3-25-20-15(21)8-13(9-18(20)24-2)5-7-19(23)22-11-14-4-6-16-17(10-14)27-12-26-16/h4-10H,3,11-12H2,1-2H3,(H,22,23)/b7-5+. The van der Waals surface area contributed by atoms with Gasteiger partial charge in [-0.1, -0.05) is 17.7 Å². The van der Waals surface area contributed by atoms with Crippen molar-refractivity contribution >= 4 is 23.6 Å². The summed E-state index contributed by atoms with van der Waals surface area (Å²) in [6.07, 6.45) is 3.11. The molecule has 2 aromatic rings. The summed E-state index contributed by atoms with van der Waals surface area (Å²) in [5.74, 6) is 2.19. The van der Waals surface area contributed by atoms with Crippen LogP contribution in [0.5, 0.6) is 23.0 Å². The molecule has 1 aliphatic rings. The highest BCUT2D eigenvalue weighted by Gasteiger charge is 2.13. The van der Waals surface area contributed by atoms with Crippen molar-refractivity contribution in [2.24, 2.45) is 0 Å². The van der Waals surface area contributed by atoms with Crippen molar-refractivity contribution in [3.63, 3.8) is 0 Å². The Morgan fingerprint density at radius 1 is 1.26 bits per heavy atom. The Balaban J connectivity index is 1.62. The molecule has 0 aliphatic carbocycles. The molecule has 1 N–H and O–H groups in total. The van der Waals surface area contributed by atoms with Crippen molar-refractivity contribution in [2.45, 2.75) is 13.5 Å². The van der Waals surface area contributed by atoms with Gasteiger partial charge >= 0.3 is 0 Å². The molecule has 27 heavy (non-hydrogen) atoms. The molecule has 1 amide bonds. The zero-order valence-electron chi connectivity index (χ0n) is 15.1. The molecule has 6 nitrogen and oxygen atoms in total. The summed E-state index contributed by atoms with van der Waals surface area (Å²) in [6, 6.07) is 9.04. The van der Waals surface area contributed by atoms with Crippen LogP contribution in [0, 0.1) is 0 Å². The van der Waals surface area contributed by atoms with Crippen LogP contribution < -0.4 is 24.3 Å². The van der Waals surface area contributed by atoms with Gasteiger partial charge in [0.15, 0.2) is 23.0 Å². The van der Waals surface area contributed by atoms with Gasteiger partial charge in [-0.25, -0.2) is 0 Å². The molecule has 142 valence electrons. The van der Waals surface area contributed by atoms with Gasteiger partial charge in [0.1, 0.15) is 0 Å². The van der Waals surface area contributed by atoms with E-state index in [4.69, 9.17) is 30.5 Å². The maximum Gasteiger partial charge on any atom is 0.244 e. The lowest BCUT2D eigenvalue weighted by molar-refractivity contribution is -0.116. The monoisotopic (exact) mass is 389 g/mol. The van der Waals surface area contributed by atoms with E-state index in [1.54, 1.807) is 25.3 Å². The van der Waals surface area contributed by atoms with E-state index in [1.165, 1.54) is 6.08 Å². The van der Waals surface area contributed by atoms with E-state index in [9.17, 15) is 4.79 Å². The molecule has 0 unspecified atom stereocenters. The Bertz CT molecular complexity index is 866. The van der Waals surface area contributed by atoms with Gasteiger partial charge in [0, 0.05) is 12.6 Å². The van der Waals surface area contributed by atoms with Crippen molar-refractivity contribution in [1.29, 1.82) is 0 Å². The number of carbonyl (C=O) groups excluding carboxylic acids is 1. The topological polar surface area (TPSA) is 66.0 Å². The van der Waals surface area contributed by atoms with E-state index >= 15 is 0 Å². The van der Waals surface area contributed by atoms with Gasteiger partial charge in [-0.05, 0) is 48.4 Å². The van der Waals surface area contributed by atoms with Crippen molar-refractivity contribution in [2.75, 3.05) is 20.5 Å². The third-order valence-corrected chi connectivity index (χ3v) is 4.15. The predicted molar refractivity (Wildman–Crippen MR) is 103 cm³/mol. The van der Waals surface area contributed by atoms with E-state index in [-0.39, 0.29) is 12.7 Å². The molecule has 3 rings (SSSR count). The molecule has 0 atom stereocenters. The first-order valence-electron chi connectivity index (χ1n) is 8.45. The average Bonchev–Trinajstić information content (AvgIpc) is 3.14. The first-order valence-corrected chi connectivity index (χ1v) is 8.83. The summed E-state index contributed by atoms with van der Waals surface area (Å²) in [4.78, 5) is 12.1. The van der Waals surface area contributed by atoms with Crippen LogP contribution in [0.3, 0.4) is 0 Å². The number of amides is 1. The largest absolute Gasteiger partial charge is 0.493 e. The second-order valence-electron chi connectivity index (χ2n) is 5.71. The Labute approximate surface area is 162 Å². The first kappa shape index (κ1) is 18.9. The highest BCUT2D eigenvalue weighted by Crippen LogP contribution is 2.36. The number of benzene rings is 2. The molecule has 1 heterocycles. The maximum absolute atomic E-state index is 12.1. The number of ether oxygens (including phenoxy) is 4. The van der Waals surface area contributed by atoms with Crippen LogP contribution >= 0.6 is 11.6 Å². The van der Waals surface area contributed by atoms with Crippen molar-refractivity contribution in [3.8, 4) is 23.0 Å². The normalized spacial score (nSPS) is 12.3. The average molecular weight is 390 g/mol. The van der Waals surface area contributed by atoms with E-state index in [0.29, 0.717) is 41.2 Å². The van der Waals surface area contributed by atoms with Gasteiger partial charge in [-0.3, -0.25) is 4.79 Å². The van der Waals surface area contributed by atoms with Crippen LogP contribution in [0.25, 0.3) is 6.08 Å². The summed E-state index contributed by atoms with van der Waals surface area (Å²) in [5, 5.41) is 3.25. The molecular formula is C20H20ClNO5. The first-order chi connectivity index (χ1) is 13.1. The Hall–Kier alpha value is -2.86. The number of halogens is 1. The lowest BCUT2D eigenvalue weighted by Crippen LogP contribution is -2.20. The van der Waals surface area contributed by atoms with Gasteiger partial charge < -0.3 is 24.3 Å². The molecule has 0 spiro atoms. The van der Waals surface area contributed by atoms with Crippen molar-refractivity contribution < 1.29 is 23.7 Å². The molecule has 7 heteroatoms. The van der Waals surface area contributed by atoms with Crippen molar-refractivity contribution in [1.82, 2.24) is 5.32 Å². The molecule has 0 radical (unpaired) electrons. The van der Waals surface area contributed by atoms with Gasteiger partial charge in [0.25, 0.3) is 0 Å². The smallest absolute Gasteiger partial charge is 0.244 e. The van der Waals surface area contributed by atoms with Gasteiger partial charge in [0.2, 0.25) is 12.7 Å². The molecule has 1 aliphatic heterocycles. The number of methoxy groups -OCH3 is 1. The second kappa shape index (κ2) is 8.68. The Morgan fingerprint density at radius 2 is 2.07 bits per heavy atom. The fourth-order valence-electron chi connectivity index (χ4n) is 2.59. The number of carbonyl (C=O) groups is 1. The lowest BCUT2D eigenvalue weighted by atomic mass is 10.1. The highest BCUT2D eigenvalue weighted by atomic mass is 35.5. The molecule has 0 bridgehead atoms. The molecule has 0 saturated heterocycles. The minimum Gasteiger partial charge on any atom is -0.493 e. The van der Waals surface area contributed by atoms with Crippen LogP contribution in [0.4, 0.5) is 0 Å². The highest BCUT2D eigenvalue weighted by molar-refractivity contribution is 6.32. The summed E-state index contributed by atoms with van der Waals surface area (Å²) >= 11 is 6.23. The summed E-state index contributed by atoms with van der Waals surface area (Å²) in [7, 11) is 1.54. The molecule has 0 fully saturated rings. The van der Waals surface area contributed by atoms with E-state index in [2.05, 4.69) is 5.32 Å². The van der Waals surface area contributed by atoms with Crippen LogP contribution in [-0.4, -0.2) is 26.4 Å². The zero-order chi connectivity index (χ0) is 19.2. The Morgan fingerprint density at radius 3 is 2.85 bits per heavy atom. The van der Waals surface area contributed by atoms with Crippen LogP contribution in [0.15, 0.2) is 36.4 Å². The number of rotatable bonds is 7. The number of fused-ring (bicyclic) bond motifs is 1. The number of hydrogen-bond donors (Lipinski definition) is 1. The van der Waals surface area contributed by atoms with E-state index < -0.39 is 0 Å². The van der Waals surface area contributed by atoms with Gasteiger partial charge in [-0.2, -0.15) is 0 Å². The van der Waals surface area contributed by atoms with Crippen molar-refractivity contribution in [3.05, 3.63) is 52.6 Å². The maximum atomic E-state index is 12.1. The summed E-state index contributed by atoms with van der Waals surface area (Å²) in [5.41, 5.74) is 1.66. The number of nitrogens with one attached hydrogen (secondary N) is 1. The van der Waals surface area contributed by atoms with Crippen LogP contribution in [0.2, 0.25) is 5.02 Å². The fraction of sp³-hybridized carbons (Fsp3) is 0.250. The SMILES string of the molecule is CCOc1c(Cl)cc(/C=C/C(=O)NCc2ccc3c(c2)OCO3)cc1OC. The Kier molecular flexibility index (Phi) is 6.08. The summed E-state index contributed by atoms with van der Waals surface area (Å²) < 4.78 is 21.4. The van der Waals surface area contributed by atoms with Gasteiger partial charge in [0.05, 0.1) is 18.7 Å². The number of hydrogen-bond acceptors (Lipinski definition) is 5. The van der Waals surface area contributed by atoms with Gasteiger partial charge in [-0.15, -0.1) is 0 Å². The lowest BCUT2D eigenvalue weighted by Gasteiger charge is -2.11. The molecule has 2 aromatic carbocycles. The minimum absolute atomic E-state index is 0.224. The zero-order valence-corrected chi connectivity index (χ0v) is 15.8. The second-order valence-corrected chi connectivity index (χ2v) is 6.11. The minimum atomic E-state index is -0.225. The third-order valence-electron chi connectivity index (χ3n) is 3.87. The third kappa shape index (κ3) is 4.65. The van der Waals surface area contributed by atoms with Crippen LogP contribution in [-0.2, 0) is 11.3 Å². The predicted octanol–water partition coefficient (Wildman–Crippen LogP) is 3.81. The van der Waals surface area contributed by atoms with E-state index in [0.717, 1.165) is 11.1 Å². The van der Waals surface area contributed by atoms with Crippen LogP contribution in [0.1, 0.15) is 18.1 Å². The molecule has 0 saturated carbocycles. The molecule has 0 aromatic heterocycles. The molecular weight excluding hydrogens is 370 g/mol. The summed E-state index contributed by atoms with van der Waals surface area (Å²) in [6.45, 7) is 2.96. The van der Waals surface area contributed by atoms with E-state index in [1.807, 2.05) is 25.1 Å². The fourth-order valence-corrected chi connectivity index (χ4v) is 2.87.